The van der Waals surface area contributed by atoms with Gasteiger partial charge in [-0.1, -0.05) is 53.2 Å². The Hall–Kier alpha value is -1.95. The zero-order valence-corrected chi connectivity index (χ0v) is 55.5. The zero-order chi connectivity index (χ0) is 70.0. The molecule has 96 heavy (non-hydrogen) atoms. The van der Waals surface area contributed by atoms with Crippen molar-refractivity contribution in [3.8, 4) is 0 Å². The lowest BCUT2D eigenvalue weighted by atomic mass is 9.34. The third-order valence-electron chi connectivity index (χ3n) is 25.1. The summed E-state index contributed by atoms with van der Waals surface area (Å²) in [5, 5.41) is 195. The van der Waals surface area contributed by atoms with E-state index in [4.69, 9.17) is 56.8 Å². The Balaban J connectivity index is 0.763. The fourth-order valence-electron chi connectivity index (χ4n) is 19.2. The molecule has 11 rings (SSSR count). The second kappa shape index (κ2) is 28.6. The lowest BCUT2D eigenvalue weighted by Gasteiger charge is -2.71. The number of fused-ring (bicyclic) bond motifs is 7. The summed E-state index contributed by atoms with van der Waals surface area (Å²) in [5.41, 5.74) is -1.03. The molecule has 31 heteroatoms. The van der Waals surface area contributed by atoms with Crippen LogP contribution in [0.3, 0.4) is 0 Å². The molecule has 0 aromatic heterocycles. The molecule has 0 bridgehead atoms. The molecule has 0 aromatic carbocycles. The Morgan fingerprint density at radius 3 is 1.66 bits per heavy atom. The van der Waals surface area contributed by atoms with Crippen LogP contribution in [0, 0.1) is 56.7 Å². The van der Waals surface area contributed by atoms with Crippen molar-refractivity contribution >= 4 is 5.97 Å². The minimum Gasteiger partial charge on any atom is -0.432 e. The summed E-state index contributed by atoms with van der Waals surface area (Å²) < 4.78 is 71.5. The van der Waals surface area contributed by atoms with Gasteiger partial charge < -0.3 is 149 Å². The maximum atomic E-state index is 14.8. The van der Waals surface area contributed by atoms with E-state index in [0.717, 1.165) is 19.3 Å². The monoisotopic (exact) mass is 1380 g/mol. The number of ether oxygens (including phenoxy) is 12. The minimum atomic E-state index is -1.91. The molecular weight excluding hydrogens is 1280 g/mol. The molecule has 0 spiro atoms. The van der Waals surface area contributed by atoms with Crippen LogP contribution in [-0.2, 0) is 61.6 Å². The Morgan fingerprint density at radius 1 is 0.510 bits per heavy atom. The van der Waals surface area contributed by atoms with Crippen LogP contribution in [0.25, 0.3) is 0 Å². The predicted octanol–water partition coefficient (Wildman–Crippen LogP) is -4.86. The number of allylic oxidation sites excluding steroid dienone is 2. The van der Waals surface area contributed by atoms with Crippen LogP contribution in [-0.4, -0.2) is 315 Å². The van der Waals surface area contributed by atoms with E-state index in [1.165, 1.54) is 19.4 Å². The van der Waals surface area contributed by atoms with Crippen molar-refractivity contribution in [2.24, 2.45) is 56.7 Å². The average molecular weight is 1380 g/mol. The van der Waals surface area contributed by atoms with Crippen LogP contribution in [0.5, 0.6) is 0 Å². The summed E-state index contributed by atoms with van der Waals surface area (Å²) in [4.78, 5) is 14.8. The first-order valence-electron chi connectivity index (χ1n) is 34.2. The Bertz CT molecular complexity index is 2680. The minimum absolute atomic E-state index is 0.0563. The number of esters is 1. The highest BCUT2D eigenvalue weighted by atomic mass is 16.8. The SMILES string of the molecule is CC1OC(OC2C(CO)OC(OCC3OC(OC(=O)C4CC(C)(C)CC5C6=CCC7C8(C)CCC(OC9OCC(OC%10OC(CO)C(O)C(O)C%10O)C(O)C9OC9OC(C)C(O)C(O)C9O)[C@@](C)(CO)C8CCC7(C)[C@]6(C)CCC45)C(O)C(O)C3O)C(O)C2O)C(O)C(O)C1O. The van der Waals surface area contributed by atoms with Crippen LogP contribution in [0.1, 0.15) is 113 Å². The van der Waals surface area contributed by atoms with Gasteiger partial charge in [-0.3, -0.25) is 4.79 Å². The molecule has 552 valence electrons. The Labute approximate surface area is 556 Å². The van der Waals surface area contributed by atoms with Crippen molar-refractivity contribution in [3.63, 3.8) is 0 Å². The topological polar surface area (TPSA) is 492 Å². The van der Waals surface area contributed by atoms with Gasteiger partial charge in [0.1, 0.15) is 128 Å². The molecule has 6 aliphatic heterocycles. The van der Waals surface area contributed by atoms with Crippen LogP contribution in [0.15, 0.2) is 11.6 Å². The molecule has 10 fully saturated rings. The average Bonchev–Trinajstić information content (AvgIpc) is 0.680. The molecule has 6 heterocycles. The predicted molar refractivity (Wildman–Crippen MR) is 321 cm³/mol. The third-order valence-corrected chi connectivity index (χ3v) is 25.1. The molecular formula is C65H106O31. The van der Waals surface area contributed by atoms with E-state index in [-0.39, 0.29) is 51.9 Å². The Kier molecular flexibility index (Phi) is 22.4. The number of aliphatic hydroxyl groups is 18. The van der Waals surface area contributed by atoms with Crippen molar-refractivity contribution in [3.05, 3.63) is 11.6 Å². The molecule has 0 radical (unpaired) electrons. The first kappa shape index (κ1) is 75.2. The molecule has 0 aromatic rings. The summed E-state index contributed by atoms with van der Waals surface area (Å²) >= 11 is 0. The van der Waals surface area contributed by atoms with Gasteiger partial charge >= 0.3 is 5.97 Å². The molecule has 18 N–H and O–H groups in total. The second-order valence-electron chi connectivity index (χ2n) is 31.2. The van der Waals surface area contributed by atoms with Crippen molar-refractivity contribution in [1.29, 1.82) is 0 Å². The van der Waals surface area contributed by atoms with Gasteiger partial charge in [0, 0.05) is 5.41 Å². The van der Waals surface area contributed by atoms with E-state index >= 15 is 0 Å². The molecule has 39 atom stereocenters. The number of hydrogen-bond acceptors (Lipinski definition) is 31. The fourth-order valence-corrected chi connectivity index (χ4v) is 19.2. The number of rotatable bonds is 16. The molecule has 11 aliphatic rings. The van der Waals surface area contributed by atoms with Crippen molar-refractivity contribution in [2.45, 2.75) is 297 Å². The quantitative estimate of drug-likeness (QED) is 0.0391. The van der Waals surface area contributed by atoms with Gasteiger partial charge in [-0.15, -0.1) is 0 Å². The number of carbonyl (C=O) groups excluding carboxylic acids is 1. The highest BCUT2D eigenvalue weighted by molar-refractivity contribution is 5.73. The number of carbonyl (C=O) groups is 1. The summed E-state index contributed by atoms with van der Waals surface area (Å²) in [6.45, 7) is 13.2. The van der Waals surface area contributed by atoms with Gasteiger partial charge in [-0.25, -0.2) is 0 Å². The standard InChI is InChI=1S/C65H106O31/c1-24-37(69)42(74)47(79)56(87-24)94-52-31(20-67)90-55(51(83)46(52)78)85-21-32-40(72)45(77)50(82)59(91-32)96-54(84)28-18-61(3,4)17-27-26(28)11-15-64(7)29(27)9-10-35-62(5)14-13-36(63(6,23-68)34(62)12-16-65(35,64)8)93-60-53(95-57-48(80)43(75)38(70)25(2)88-57)41(73)33(22-86-60)92-58-49(81)44(76)39(71)30(19-66)89-58/h9,24-28,30-53,55-60,66-83H,10-23H2,1-8H3/t24?,25?,26?,27?,28?,30?,31?,32?,33?,34?,35?,36?,37?,38?,39?,40?,41?,42?,43?,44?,45?,46?,47?,48?,49?,50?,51?,52?,53?,55?,56?,57?,58?,59?,60?,62?,63-,64+,65?/m0/s1. The first-order valence-corrected chi connectivity index (χ1v) is 34.2. The second-order valence-corrected chi connectivity index (χ2v) is 31.2. The van der Waals surface area contributed by atoms with Crippen LogP contribution in [0.2, 0.25) is 0 Å². The fraction of sp³-hybridized carbons (Fsp3) is 0.954. The summed E-state index contributed by atoms with van der Waals surface area (Å²) in [7, 11) is 0. The molecule has 37 unspecified atom stereocenters. The van der Waals surface area contributed by atoms with Crippen molar-refractivity contribution < 1.29 is 154 Å². The maximum absolute atomic E-state index is 14.8. The van der Waals surface area contributed by atoms with E-state index in [0.29, 0.717) is 38.5 Å². The number of aliphatic hydroxyl groups excluding tert-OH is 18. The lowest BCUT2D eigenvalue weighted by molar-refractivity contribution is -0.381. The van der Waals surface area contributed by atoms with E-state index in [1.807, 2.05) is 6.92 Å². The summed E-state index contributed by atoms with van der Waals surface area (Å²) in [5.74, 6) is -1.62. The third kappa shape index (κ3) is 13.1. The summed E-state index contributed by atoms with van der Waals surface area (Å²) in [6.07, 6.45) is -39.6. The smallest absolute Gasteiger partial charge is 0.311 e. The molecule has 6 saturated heterocycles. The van der Waals surface area contributed by atoms with Gasteiger partial charge in [0.25, 0.3) is 0 Å². The largest absolute Gasteiger partial charge is 0.432 e. The number of hydrogen-bond donors (Lipinski definition) is 18. The highest BCUT2D eigenvalue weighted by Gasteiger charge is 2.69. The van der Waals surface area contributed by atoms with Gasteiger partial charge in [0.05, 0.1) is 57.3 Å². The van der Waals surface area contributed by atoms with Gasteiger partial charge in [-0.05, 0) is 117 Å². The molecule has 5 aliphatic carbocycles. The molecule has 4 saturated carbocycles. The van der Waals surface area contributed by atoms with E-state index in [9.17, 15) is 96.7 Å². The van der Waals surface area contributed by atoms with Crippen molar-refractivity contribution in [1.82, 2.24) is 0 Å². The molecule has 0 amide bonds. The van der Waals surface area contributed by atoms with Gasteiger partial charge in [-0.2, -0.15) is 0 Å². The normalized spacial score (nSPS) is 55.1. The van der Waals surface area contributed by atoms with Gasteiger partial charge in [0.15, 0.2) is 31.5 Å². The van der Waals surface area contributed by atoms with Crippen LogP contribution >= 0.6 is 0 Å². The Morgan fingerprint density at radius 2 is 1.05 bits per heavy atom. The van der Waals surface area contributed by atoms with E-state index < -0.39 is 228 Å². The van der Waals surface area contributed by atoms with Crippen molar-refractivity contribution in [2.75, 3.05) is 33.0 Å². The maximum Gasteiger partial charge on any atom is 0.311 e. The highest BCUT2D eigenvalue weighted by Crippen LogP contribution is 2.75. The van der Waals surface area contributed by atoms with Crippen LogP contribution in [0.4, 0.5) is 0 Å². The molecule has 31 nitrogen and oxygen atoms in total. The first-order chi connectivity index (χ1) is 45.1. The lowest BCUT2D eigenvalue weighted by Crippen LogP contribution is -2.67. The summed E-state index contributed by atoms with van der Waals surface area (Å²) in [6, 6.07) is 0. The van der Waals surface area contributed by atoms with Gasteiger partial charge in [0.2, 0.25) is 6.29 Å². The van der Waals surface area contributed by atoms with E-state index in [2.05, 4.69) is 40.7 Å². The van der Waals surface area contributed by atoms with E-state index in [1.54, 1.807) is 0 Å². The zero-order valence-electron chi connectivity index (χ0n) is 55.5. The van der Waals surface area contributed by atoms with Crippen LogP contribution < -0.4 is 0 Å².